The summed E-state index contributed by atoms with van der Waals surface area (Å²) in [6, 6.07) is 0. The Morgan fingerprint density at radius 3 is 2.05 bits per heavy atom. The van der Waals surface area contributed by atoms with Gasteiger partial charge in [-0.15, -0.1) is 0 Å². The van der Waals surface area contributed by atoms with Crippen molar-refractivity contribution in [3.05, 3.63) is 47.1 Å². The molecule has 0 saturated heterocycles. The van der Waals surface area contributed by atoms with Crippen LogP contribution >= 0.6 is 0 Å². The van der Waals surface area contributed by atoms with Crippen LogP contribution in [-0.4, -0.2) is 0 Å². The summed E-state index contributed by atoms with van der Waals surface area (Å²) in [5.41, 5.74) is 4.35. The van der Waals surface area contributed by atoms with Gasteiger partial charge in [-0.2, -0.15) is 0 Å². The first-order chi connectivity index (χ1) is 9.41. The minimum atomic E-state index is 0.685. The molecule has 20 heavy (non-hydrogen) atoms. The topological polar surface area (TPSA) is 0 Å². The highest BCUT2D eigenvalue weighted by Gasteiger charge is 1.94. The molecule has 0 aliphatic carbocycles. The van der Waals surface area contributed by atoms with Crippen molar-refractivity contribution >= 4 is 0 Å². The van der Waals surface area contributed by atoms with Gasteiger partial charge in [0.05, 0.1) is 0 Å². The molecule has 0 aromatic heterocycles. The van der Waals surface area contributed by atoms with Crippen molar-refractivity contribution < 1.29 is 0 Å². The van der Waals surface area contributed by atoms with Gasteiger partial charge in [-0.3, -0.25) is 0 Å². The Morgan fingerprint density at radius 1 is 0.850 bits per heavy atom. The highest BCUT2D eigenvalue weighted by Crippen LogP contribution is 2.11. The van der Waals surface area contributed by atoms with E-state index in [-0.39, 0.29) is 0 Å². The smallest absolute Gasteiger partial charge is 0.0166 e. The van der Waals surface area contributed by atoms with Crippen LogP contribution in [0.1, 0.15) is 73.6 Å². The molecular weight excluding hydrogens is 240 g/mol. The summed E-state index contributed by atoms with van der Waals surface area (Å²) >= 11 is 0. The summed E-state index contributed by atoms with van der Waals surface area (Å²) in [7, 11) is 0. The van der Waals surface area contributed by atoms with Gasteiger partial charge in [0.15, 0.2) is 0 Å². The van der Waals surface area contributed by atoms with Gasteiger partial charge in [-0.1, -0.05) is 54.0 Å². The molecule has 0 aromatic carbocycles. The molecule has 0 spiro atoms. The van der Waals surface area contributed by atoms with Gasteiger partial charge in [0, 0.05) is 0 Å². The first-order valence-electron chi connectivity index (χ1n) is 8.00. The Hall–Kier alpha value is -1.04. The van der Waals surface area contributed by atoms with E-state index in [2.05, 4.69) is 71.9 Å². The standard InChI is InChI=1S/C20H34/c1-17(2)11-9-15-19(5)13-7-8-14-20(6)16-10-12-18(3)4/h7,11-14,19H,8-10,15-16H2,1-6H3/b13-7+,20-14?. The molecule has 0 saturated carbocycles. The van der Waals surface area contributed by atoms with E-state index < -0.39 is 0 Å². The molecule has 0 aromatic rings. The molecule has 0 radical (unpaired) electrons. The lowest BCUT2D eigenvalue weighted by Crippen LogP contribution is -1.88. The van der Waals surface area contributed by atoms with E-state index in [0.29, 0.717) is 5.92 Å². The van der Waals surface area contributed by atoms with Gasteiger partial charge >= 0.3 is 0 Å². The van der Waals surface area contributed by atoms with Crippen LogP contribution in [0.5, 0.6) is 0 Å². The zero-order chi connectivity index (χ0) is 15.4. The fraction of sp³-hybridized carbons (Fsp3) is 0.600. The molecule has 0 aliphatic rings. The van der Waals surface area contributed by atoms with Crippen LogP contribution < -0.4 is 0 Å². The van der Waals surface area contributed by atoms with Gasteiger partial charge in [0.25, 0.3) is 0 Å². The van der Waals surface area contributed by atoms with Gasteiger partial charge in [0.2, 0.25) is 0 Å². The molecule has 0 bridgehead atoms. The summed E-state index contributed by atoms with van der Waals surface area (Å²) in [4.78, 5) is 0. The van der Waals surface area contributed by atoms with E-state index in [1.54, 1.807) is 0 Å². The third-order valence-corrected chi connectivity index (χ3v) is 3.33. The summed E-state index contributed by atoms with van der Waals surface area (Å²) < 4.78 is 0. The van der Waals surface area contributed by atoms with Crippen molar-refractivity contribution in [3.8, 4) is 0 Å². The van der Waals surface area contributed by atoms with Gasteiger partial charge in [-0.05, 0) is 72.6 Å². The van der Waals surface area contributed by atoms with E-state index in [0.717, 1.165) is 6.42 Å². The predicted molar refractivity (Wildman–Crippen MR) is 94.0 cm³/mol. The van der Waals surface area contributed by atoms with Crippen LogP contribution in [0.4, 0.5) is 0 Å². The first-order valence-corrected chi connectivity index (χ1v) is 8.00. The minimum absolute atomic E-state index is 0.685. The van der Waals surface area contributed by atoms with E-state index in [1.165, 1.54) is 42.4 Å². The van der Waals surface area contributed by atoms with Gasteiger partial charge < -0.3 is 0 Å². The van der Waals surface area contributed by atoms with Crippen LogP contribution in [0.15, 0.2) is 47.1 Å². The predicted octanol–water partition coefficient (Wildman–Crippen LogP) is 7.01. The fourth-order valence-corrected chi connectivity index (χ4v) is 2.00. The molecule has 0 heteroatoms. The maximum absolute atomic E-state index is 2.36. The first kappa shape index (κ1) is 19.0. The van der Waals surface area contributed by atoms with E-state index in [9.17, 15) is 0 Å². The molecule has 0 heterocycles. The second-order valence-corrected chi connectivity index (χ2v) is 6.37. The summed E-state index contributed by atoms with van der Waals surface area (Å²) in [6.07, 6.45) is 17.6. The van der Waals surface area contributed by atoms with Crippen molar-refractivity contribution in [2.24, 2.45) is 5.92 Å². The fourth-order valence-electron chi connectivity index (χ4n) is 2.00. The molecule has 0 N–H and O–H groups in total. The Labute approximate surface area is 127 Å². The van der Waals surface area contributed by atoms with Gasteiger partial charge in [0.1, 0.15) is 0 Å². The SMILES string of the molecule is CC(C)=CCCC(C)=CC/C=C/C(C)CCC=C(C)C. The zero-order valence-electron chi connectivity index (χ0n) is 14.5. The average Bonchev–Trinajstić information content (AvgIpc) is 2.33. The summed E-state index contributed by atoms with van der Waals surface area (Å²) in [5.74, 6) is 0.685. The number of hydrogen-bond acceptors (Lipinski definition) is 0. The van der Waals surface area contributed by atoms with Crippen molar-refractivity contribution in [2.75, 3.05) is 0 Å². The van der Waals surface area contributed by atoms with Crippen LogP contribution in [0, 0.1) is 5.92 Å². The second kappa shape index (κ2) is 11.8. The van der Waals surface area contributed by atoms with Gasteiger partial charge in [-0.25, -0.2) is 0 Å². The lowest BCUT2D eigenvalue weighted by molar-refractivity contribution is 0.655. The molecule has 0 aliphatic heterocycles. The maximum atomic E-state index is 2.36. The molecule has 0 rings (SSSR count). The second-order valence-electron chi connectivity index (χ2n) is 6.37. The van der Waals surface area contributed by atoms with Crippen molar-refractivity contribution in [1.29, 1.82) is 0 Å². The third-order valence-electron chi connectivity index (χ3n) is 3.33. The minimum Gasteiger partial charge on any atom is -0.0859 e. The molecule has 0 amide bonds. The third kappa shape index (κ3) is 13.4. The molecular formula is C20H34. The van der Waals surface area contributed by atoms with Crippen molar-refractivity contribution in [3.63, 3.8) is 0 Å². The molecule has 0 fully saturated rings. The van der Waals surface area contributed by atoms with Crippen molar-refractivity contribution in [1.82, 2.24) is 0 Å². The Morgan fingerprint density at radius 2 is 1.45 bits per heavy atom. The Bertz CT molecular complexity index is 355. The molecule has 114 valence electrons. The van der Waals surface area contributed by atoms with E-state index in [4.69, 9.17) is 0 Å². The monoisotopic (exact) mass is 274 g/mol. The molecule has 1 atom stereocenters. The van der Waals surface area contributed by atoms with Crippen LogP contribution in [0.2, 0.25) is 0 Å². The Balaban J connectivity index is 3.87. The maximum Gasteiger partial charge on any atom is -0.0166 e. The number of allylic oxidation sites excluding steroid dienone is 8. The Kier molecular flexibility index (Phi) is 11.1. The molecule has 0 nitrogen and oxygen atoms in total. The summed E-state index contributed by atoms with van der Waals surface area (Å²) in [6.45, 7) is 13.2. The highest BCUT2D eigenvalue weighted by atomic mass is 14.0. The summed E-state index contributed by atoms with van der Waals surface area (Å²) in [5, 5.41) is 0. The largest absolute Gasteiger partial charge is 0.0859 e. The quantitative estimate of drug-likeness (QED) is 0.397. The molecule has 1 unspecified atom stereocenters. The van der Waals surface area contributed by atoms with E-state index >= 15 is 0 Å². The van der Waals surface area contributed by atoms with Crippen LogP contribution in [0.25, 0.3) is 0 Å². The van der Waals surface area contributed by atoms with Crippen LogP contribution in [-0.2, 0) is 0 Å². The van der Waals surface area contributed by atoms with Crippen LogP contribution in [0.3, 0.4) is 0 Å². The lowest BCUT2D eigenvalue weighted by Gasteiger charge is -2.03. The van der Waals surface area contributed by atoms with E-state index in [1.807, 2.05) is 0 Å². The number of hydrogen-bond donors (Lipinski definition) is 0. The zero-order valence-corrected chi connectivity index (χ0v) is 14.5. The normalized spacial score (nSPS) is 13.4. The number of rotatable bonds is 9. The average molecular weight is 274 g/mol. The van der Waals surface area contributed by atoms with Crippen molar-refractivity contribution in [2.45, 2.75) is 73.6 Å². The highest BCUT2D eigenvalue weighted by molar-refractivity contribution is 5.05. The lowest BCUT2D eigenvalue weighted by atomic mass is 10.0.